The second-order valence-electron chi connectivity index (χ2n) is 9.04. The van der Waals surface area contributed by atoms with Gasteiger partial charge < -0.3 is 19.6 Å². The van der Waals surface area contributed by atoms with Crippen LogP contribution in [-0.2, 0) is 6.18 Å². The molecule has 2 aliphatic heterocycles. The molecule has 37 heavy (non-hydrogen) atoms. The largest absolute Gasteiger partial charge is 0.419 e. The topological polar surface area (TPSA) is 64.5 Å². The highest BCUT2D eigenvalue weighted by Gasteiger charge is 2.36. The van der Waals surface area contributed by atoms with Crippen molar-refractivity contribution in [1.82, 2.24) is 24.8 Å². The number of hydrogen-bond acceptors (Lipinski definition) is 8. The average Bonchev–Trinajstić information content (AvgIpc) is 2.92. The highest BCUT2D eigenvalue weighted by Crippen LogP contribution is 2.35. The van der Waals surface area contributed by atoms with Gasteiger partial charge in [-0.3, -0.25) is 0 Å². The molecule has 2 fully saturated rings. The van der Waals surface area contributed by atoms with Gasteiger partial charge in [0, 0.05) is 69.1 Å². The Balaban J connectivity index is 1.41. The molecule has 4 heterocycles. The molecule has 1 aromatic carbocycles. The Kier molecular flexibility index (Phi) is 7.34. The van der Waals surface area contributed by atoms with Crippen molar-refractivity contribution >= 4 is 29.3 Å². The first kappa shape index (κ1) is 25.5. The summed E-state index contributed by atoms with van der Waals surface area (Å²) < 4.78 is 40.6. The van der Waals surface area contributed by atoms with Crippen LogP contribution in [-0.4, -0.2) is 83.7 Å². The Morgan fingerprint density at radius 3 is 2.03 bits per heavy atom. The number of hydrogen-bond donors (Lipinski definition) is 0. The summed E-state index contributed by atoms with van der Waals surface area (Å²) in [5.41, 5.74) is 0.0619. The van der Waals surface area contributed by atoms with E-state index in [4.69, 9.17) is 26.6 Å². The minimum absolute atomic E-state index is 0.0422. The van der Waals surface area contributed by atoms with Gasteiger partial charge in [-0.15, -0.1) is 0 Å². The zero-order valence-electron chi connectivity index (χ0n) is 20.5. The molecule has 0 spiro atoms. The molecule has 5 rings (SSSR count). The molecule has 12 heteroatoms. The zero-order chi connectivity index (χ0) is 26.0. The second kappa shape index (κ2) is 10.7. The molecule has 2 saturated heterocycles. The highest BCUT2D eigenvalue weighted by molar-refractivity contribution is 6.30. The minimum Gasteiger partial charge on any atom is -0.353 e. The molecule has 0 unspecified atom stereocenters. The van der Waals surface area contributed by atoms with Crippen molar-refractivity contribution in [2.75, 3.05) is 73.6 Å². The lowest BCUT2D eigenvalue weighted by atomic mass is 10.2. The van der Waals surface area contributed by atoms with Crippen LogP contribution in [0, 0.1) is 0 Å². The van der Waals surface area contributed by atoms with Gasteiger partial charge in [0.05, 0.1) is 5.56 Å². The predicted molar refractivity (Wildman–Crippen MR) is 138 cm³/mol. The first-order valence-electron chi connectivity index (χ1n) is 12.3. The van der Waals surface area contributed by atoms with Crippen LogP contribution in [0.15, 0.2) is 42.6 Å². The fourth-order valence-electron chi connectivity index (χ4n) is 4.65. The van der Waals surface area contributed by atoms with E-state index in [1.807, 2.05) is 23.1 Å². The summed E-state index contributed by atoms with van der Waals surface area (Å²) in [6, 6.07) is 9.75. The number of benzene rings is 1. The Morgan fingerprint density at radius 1 is 0.811 bits per heavy atom. The van der Waals surface area contributed by atoms with Gasteiger partial charge in [0.1, 0.15) is 5.82 Å². The molecule has 0 atom stereocenters. The molecular formula is C25H28ClF3N8. The third-order valence-corrected chi connectivity index (χ3v) is 6.99. The number of halogens is 4. The van der Waals surface area contributed by atoms with Crippen molar-refractivity contribution < 1.29 is 13.2 Å². The summed E-state index contributed by atoms with van der Waals surface area (Å²) in [4.78, 5) is 26.6. The van der Waals surface area contributed by atoms with Crippen molar-refractivity contribution in [2.24, 2.45) is 0 Å². The van der Waals surface area contributed by atoms with E-state index in [2.05, 4.69) is 21.7 Å². The predicted octanol–water partition coefficient (Wildman–Crippen LogP) is 4.07. The monoisotopic (exact) mass is 532 g/mol. The molecule has 2 aliphatic rings. The van der Waals surface area contributed by atoms with Crippen molar-refractivity contribution in [3.8, 4) is 11.4 Å². The molecule has 196 valence electrons. The quantitative estimate of drug-likeness (QED) is 0.487. The molecular weight excluding hydrogens is 505 g/mol. The third-order valence-electron chi connectivity index (χ3n) is 6.75. The van der Waals surface area contributed by atoms with Gasteiger partial charge in [-0.1, -0.05) is 30.7 Å². The average molecular weight is 533 g/mol. The lowest BCUT2D eigenvalue weighted by molar-refractivity contribution is -0.137. The Hall–Kier alpha value is -3.18. The van der Waals surface area contributed by atoms with Crippen LogP contribution < -0.4 is 14.7 Å². The van der Waals surface area contributed by atoms with Crippen LogP contribution in [0.2, 0.25) is 5.02 Å². The summed E-state index contributed by atoms with van der Waals surface area (Å²) in [7, 11) is 0. The number of likely N-dealkylation sites (N-methyl/N-ethyl adjacent to an activating group) is 1. The van der Waals surface area contributed by atoms with Gasteiger partial charge >= 0.3 is 6.18 Å². The van der Waals surface area contributed by atoms with E-state index in [0.29, 0.717) is 48.9 Å². The third kappa shape index (κ3) is 5.72. The number of aromatic nitrogens is 4. The Labute approximate surface area is 218 Å². The molecule has 0 bridgehead atoms. The van der Waals surface area contributed by atoms with Gasteiger partial charge in [0.2, 0.25) is 11.9 Å². The molecule has 0 amide bonds. The number of pyridine rings is 1. The van der Waals surface area contributed by atoms with Gasteiger partial charge in [0.25, 0.3) is 0 Å². The van der Waals surface area contributed by atoms with E-state index in [0.717, 1.165) is 44.4 Å². The molecule has 0 radical (unpaired) electrons. The molecule has 2 aromatic heterocycles. The number of rotatable bonds is 5. The smallest absolute Gasteiger partial charge is 0.353 e. The number of piperazine rings is 2. The van der Waals surface area contributed by atoms with Crippen molar-refractivity contribution in [2.45, 2.75) is 13.1 Å². The lowest BCUT2D eigenvalue weighted by Crippen LogP contribution is -2.49. The maximum atomic E-state index is 13.5. The summed E-state index contributed by atoms with van der Waals surface area (Å²) in [6.45, 7) is 8.25. The number of anilines is 3. The van der Waals surface area contributed by atoms with Crippen LogP contribution in [0.4, 0.5) is 30.9 Å². The van der Waals surface area contributed by atoms with E-state index in [1.165, 1.54) is 12.3 Å². The van der Waals surface area contributed by atoms with Gasteiger partial charge in [-0.2, -0.15) is 28.1 Å². The van der Waals surface area contributed by atoms with Gasteiger partial charge in [-0.25, -0.2) is 4.98 Å². The minimum atomic E-state index is -4.46. The van der Waals surface area contributed by atoms with Crippen LogP contribution in [0.3, 0.4) is 0 Å². The summed E-state index contributed by atoms with van der Waals surface area (Å²) in [6.07, 6.45) is -3.07. The van der Waals surface area contributed by atoms with E-state index in [9.17, 15) is 13.2 Å². The number of alkyl halides is 3. The van der Waals surface area contributed by atoms with Crippen LogP contribution in [0.5, 0.6) is 0 Å². The highest BCUT2D eigenvalue weighted by atomic mass is 35.5. The SMILES string of the molecule is CCN1CCN(c2nc(-c3cccc(Cl)c3)nc(N3CCN(c4ncccc4C(F)(F)F)CC3)n2)CC1. The Morgan fingerprint density at radius 2 is 1.43 bits per heavy atom. The second-order valence-corrected chi connectivity index (χ2v) is 9.47. The van der Waals surface area contributed by atoms with Crippen molar-refractivity contribution in [1.29, 1.82) is 0 Å². The van der Waals surface area contributed by atoms with Crippen LogP contribution >= 0.6 is 11.6 Å². The van der Waals surface area contributed by atoms with E-state index in [1.54, 1.807) is 11.0 Å². The fraction of sp³-hybridized carbons (Fsp3) is 0.440. The van der Waals surface area contributed by atoms with Gasteiger partial charge in [-0.05, 0) is 30.8 Å². The molecule has 0 N–H and O–H groups in total. The zero-order valence-corrected chi connectivity index (χ0v) is 21.3. The Bertz CT molecular complexity index is 1220. The summed E-state index contributed by atoms with van der Waals surface area (Å²) in [5.74, 6) is 1.59. The maximum Gasteiger partial charge on any atom is 0.419 e. The first-order chi connectivity index (χ1) is 17.8. The number of nitrogens with zero attached hydrogens (tertiary/aromatic N) is 8. The first-order valence-corrected chi connectivity index (χ1v) is 12.7. The van der Waals surface area contributed by atoms with E-state index < -0.39 is 11.7 Å². The van der Waals surface area contributed by atoms with Gasteiger partial charge in [0.15, 0.2) is 5.82 Å². The van der Waals surface area contributed by atoms with Crippen LogP contribution in [0.25, 0.3) is 11.4 Å². The summed E-state index contributed by atoms with van der Waals surface area (Å²) in [5, 5.41) is 0.585. The van der Waals surface area contributed by atoms with Crippen LogP contribution in [0.1, 0.15) is 12.5 Å². The molecule has 0 aliphatic carbocycles. The van der Waals surface area contributed by atoms with E-state index >= 15 is 0 Å². The molecule has 0 saturated carbocycles. The molecule has 8 nitrogen and oxygen atoms in total. The van der Waals surface area contributed by atoms with Crippen molar-refractivity contribution in [3.05, 3.63) is 53.2 Å². The van der Waals surface area contributed by atoms with E-state index in [-0.39, 0.29) is 5.82 Å². The molecule has 3 aromatic rings. The normalized spacial score (nSPS) is 17.4. The summed E-state index contributed by atoms with van der Waals surface area (Å²) >= 11 is 6.23. The fourth-order valence-corrected chi connectivity index (χ4v) is 4.84. The standard InChI is InChI=1S/C25H28ClF3N8/c1-2-34-9-11-36(12-10-34)23-31-21(18-5-3-6-19(26)17-18)32-24(33-23)37-15-13-35(14-16-37)22-20(25(27,28)29)7-4-8-30-22/h3-8,17H,2,9-16H2,1H3. The maximum absolute atomic E-state index is 13.5. The van der Waals surface area contributed by atoms with Crippen molar-refractivity contribution in [3.63, 3.8) is 0 Å². The lowest BCUT2D eigenvalue weighted by Gasteiger charge is -2.37.